The number of aryl methyl sites for hydroxylation is 1. The maximum atomic E-state index is 12.3. The summed E-state index contributed by atoms with van der Waals surface area (Å²) in [6.45, 7) is 10.5. The van der Waals surface area contributed by atoms with Crippen LogP contribution in [-0.4, -0.2) is 20.9 Å². The molecule has 0 heterocycles. The fourth-order valence-corrected chi connectivity index (χ4v) is 3.43. The summed E-state index contributed by atoms with van der Waals surface area (Å²) in [7, 11) is -3.84. The van der Waals surface area contributed by atoms with Crippen molar-refractivity contribution >= 4 is 21.6 Å². The fraction of sp³-hybridized carbons (Fsp3) is 0.409. The van der Waals surface area contributed by atoms with Crippen LogP contribution in [0.1, 0.15) is 50.3 Å². The van der Waals surface area contributed by atoms with Crippen LogP contribution in [0.4, 0.5) is 5.69 Å². The van der Waals surface area contributed by atoms with Gasteiger partial charge in [-0.2, -0.15) is 0 Å². The number of nitrogens with two attached hydrogens (primary N) is 1. The summed E-state index contributed by atoms with van der Waals surface area (Å²) in [6.07, 6.45) is 0.804. The molecule has 6 nitrogen and oxygen atoms in total. The lowest BCUT2D eigenvalue weighted by molar-refractivity contribution is -0.116. The minimum atomic E-state index is -3.84. The van der Waals surface area contributed by atoms with Gasteiger partial charge in [0.1, 0.15) is 5.75 Å². The molecule has 158 valence electrons. The predicted molar refractivity (Wildman–Crippen MR) is 116 cm³/mol. The first kappa shape index (κ1) is 22.9. The number of sulfonamides is 1. The Bertz CT molecular complexity index is 975. The van der Waals surface area contributed by atoms with E-state index in [1.54, 1.807) is 6.92 Å². The Labute approximate surface area is 173 Å². The third-order valence-electron chi connectivity index (χ3n) is 4.78. The Hall–Kier alpha value is -2.38. The lowest BCUT2D eigenvalue weighted by Gasteiger charge is -2.19. The van der Waals surface area contributed by atoms with Crippen LogP contribution in [0.5, 0.6) is 5.75 Å². The molecule has 0 bridgehead atoms. The zero-order chi connectivity index (χ0) is 21.8. The number of benzene rings is 2. The molecule has 0 aliphatic carbocycles. The van der Waals surface area contributed by atoms with Crippen LogP contribution in [0.25, 0.3) is 0 Å². The van der Waals surface area contributed by atoms with Crippen molar-refractivity contribution in [3.63, 3.8) is 0 Å². The highest BCUT2D eigenvalue weighted by Gasteiger charge is 2.15. The van der Waals surface area contributed by atoms with Crippen molar-refractivity contribution in [3.05, 3.63) is 53.1 Å². The van der Waals surface area contributed by atoms with Gasteiger partial charge in [-0.1, -0.05) is 32.9 Å². The van der Waals surface area contributed by atoms with Crippen molar-refractivity contribution < 1.29 is 17.9 Å². The molecule has 2 aromatic rings. The standard InChI is InChI=1S/C22H30N2O4S/c1-15-13-19(29(23,26)27)14-20(16(15)2)24-21(25)7-6-12-28-18-10-8-17(9-11-18)22(3,4)5/h8-11,13-14H,6-7,12H2,1-5H3,(H,24,25)(H2,23,26,27). The average molecular weight is 419 g/mol. The molecular formula is C22H30N2O4S. The maximum Gasteiger partial charge on any atom is 0.238 e. The third-order valence-corrected chi connectivity index (χ3v) is 5.67. The molecule has 2 rings (SSSR count). The second-order valence-electron chi connectivity index (χ2n) is 8.23. The number of hydrogen-bond acceptors (Lipinski definition) is 4. The van der Waals surface area contributed by atoms with Gasteiger partial charge in [0.25, 0.3) is 0 Å². The van der Waals surface area contributed by atoms with E-state index in [2.05, 4.69) is 26.1 Å². The van der Waals surface area contributed by atoms with E-state index < -0.39 is 10.0 Å². The normalized spacial score (nSPS) is 11.9. The molecular weight excluding hydrogens is 388 g/mol. The summed E-state index contributed by atoms with van der Waals surface area (Å²) in [5, 5.41) is 7.98. The topological polar surface area (TPSA) is 98.5 Å². The quantitative estimate of drug-likeness (QED) is 0.663. The molecule has 0 aliphatic rings. The first-order valence-corrected chi connectivity index (χ1v) is 11.1. The van der Waals surface area contributed by atoms with E-state index in [9.17, 15) is 13.2 Å². The van der Waals surface area contributed by atoms with Crippen LogP contribution >= 0.6 is 0 Å². The van der Waals surface area contributed by atoms with Gasteiger partial charge in [-0.15, -0.1) is 0 Å². The lowest BCUT2D eigenvalue weighted by Crippen LogP contribution is -2.16. The number of hydrogen-bond donors (Lipinski definition) is 2. The highest BCUT2D eigenvalue weighted by molar-refractivity contribution is 7.89. The number of ether oxygens (including phenoxy) is 1. The Morgan fingerprint density at radius 1 is 1.10 bits per heavy atom. The molecule has 7 heteroatoms. The van der Waals surface area contributed by atoms with Crippen molar-refractivity contribution in [3.8, 4) is 5.75 Å². The second-order valence-corrected chi connectivity index (χ2v) is 9.79. The summed E-state index contributed by atoms with van der Waals surface area (Å²) in [5.74, 6) is 0.566. The summed E-state index contributed by atoms with van der Waals surface area (Å²) in [5.41, 5.74) is 3.33. The maximum absolute atomic E-state index is 12.3. The molecule has 0 unspecified atom stereocenters. The highest BCUT2D eigenvalue weighted by atomic mass is 32.2. The van der Waals surface area contributed by atoms with Gasteiger partial charge in [0, 0.05) is 12.1 Å². The van der Waals surface area contributed by atoms with Gasteiger partial charge in [0.15, 0.2) is 0 Å². The van der Waals surface area contributed by atoms with E-state index in [4.69, 9.17) is 9.88 Å². The van der Waals surface area contributed by atoms with Gasteiger partial charge >= 0.3 is 0 Å². The summed E-state index contributed by atoms with van der Waals surface area (Å²) in [6, 6.07) is 10.9. The molecule has 0 atom stereocenters. The minimum absolute atomic E-state index is 0.0158. The molecule has 3 N–H and O–H groups in total. The van der Waals surface area contributed by atoms with Crippen molar-refractivity contribution in [1.29, 1.82) is 0 Å². The SMILES string of the molecule is Cc1cc(S(N)(=O)=O)cc(NC(=O)CCCOc2ccc(C(C)(C)C)cc2)c1C. The lowest BCUT2D eigenvalue weighted by atomic mass is 9.87. The van der Waals surface area contributed by atoms with Gasteiger partial charge in [-0.05, 0) is 66.6 Å². The summed E-state index contributed by atoms with van der Waals surface area (Å²) < 4.78 is 28.9. The van der Waals surface area contributed by atoms with Crippen LogP contribution in [0.2, 0.25) is 0 Å². The Kier molecular flexibility index (Phi) is 7.08. The summed E-state index contributed by atoms with van der Waals surface area (Å²) in [4.78, 5) is 12.2. The third kappa shape index (κ3) is 6.58. The van der Waals surface area contributed by atoms with Crippen LogP contribution in [0.3, 0.4) is 0 Å². The largest absolute Gasteiger partial charge is 0.494 e. The minimum Gasteiger partial charge on any atom is -0.494 e. The number of carbonyl (C=O) groups is 1. The van der Waals surface area contributed by atoms with Crippen molar-refractivity contribution in [1.82, 2.24) is 0 Å². The Balaban J connectivity index is 1.88. The first-order valence-electron chi connectivity index (χ1n) is 9.55. The van der Waals surface area contributed by atoms with Crippen LogP contribution in [0.15, 0.2) is 41.3 Å². The van der Waals surface area contributed by atoms with E-state index in [-0.39, 0.29) is 22.6 Å². The number of anilines is 1. The predicted octanol–water partition coefficient (Wildman–Crippen LogP) is 4.05. The fourth-order valence-electron chi connectivity index (χ4n) is 2.81. The zero-order valence-electron chi connectivity index (χ0n) is 17.7. The average Bonchev–Trinajstić information content (AvgIpc) is 2.61. The molecule has 0 radical (unpaired) electrons. The van der Waals surface area contributed by atoms with Crippen molar-refractivity contribution in [2.45, 2.75) is 57.8 Å². The first-order chi connectivity index (χ1) is 13.4. The highest BCUT2D eigenvalue weighted by Crippen LogP contribution is 2.25. The number of primary sulfonamides is 1. The van der Waals surface area contributed by atoms with E-state index in [0.717, 1.165) is 16.9 Å². The van der Waals surface area contributed by atoms with Crippen molar-refractivity contribution in [2.75, 3.05) is 11.9 Å². The van der Waals surface area contributed by atoms with Crippen LogP contribution < -0.4 is 15.2 Å². The molecule has 0 saturated heterocycles. The molecule has 0 saturated carbocycles. The van der Waals surface area contributed by atoms with E-state index in [1.807, 2.05) is 31.2 Å². The van der Waals surface area contributed by atoms with Gasteiger partial charge < -0.3 is 10.1 Å². The van der Waals surface area contributed by atoms with Gasteiger partial charge in [-0.3, -0.25) is 4.79 Å². The zero-order valence-corrected chi connectivity index (χ0v) is 18.5. The van der Waals surface area contributed by atoms with Crippen molar-refractivity contribution in [2.24, 2.45) is 5.14 Å². The second kappa shape index (κ2) is 8.97. The molecule has 0 spiro atoms. The molecule has 0 aromatic heterocycles. The van der Waals surface area contributed by atoms with Gasteiger partial charge in [-0.25, -0.2) is 13.6 Å². The molecule has 1 amide bonds. The Morgan fingerprint density at radius 3 is 2.28 bits per heavy atom. The summed E-state index contributed by atoms with van der Waals surface area (Å²) >= 11 is 0. The number of carbonyl (C=O) groups excluding carboxylic acids is 1. The van der Waals surface area contributed by atoms with Crippen LogP contribution in [-0.2, 0) is 20.2 Å². The number of nitrogens with one attached hydrogen (secondary N) is 1. The molecule has 0 fully saturated rings. The van der Waals surface area contributed by atoms with E-state index in [1.165, 1.54) is 17.7 Å². The monoisotopic (exact) mass is 418 g/mol. The number of rotatable bonds is 7. The van der Waals surface area contributed by atoms with E-state index in [0.29, 0.717) is 18.7 Å². The molecule has 0 aliphatic heterocycles. The van der Waals surface area contributed by atoms with Gasteiger partial charge in [0.05, 0.1) is 11.5 Å². The smallest absolute Gasteiger partial charge is 0.238 e. The van der Waals surface area contributed by atoms with Gasteiger partial charge in [0.2, 0.25) is 15.9 Å². The molecule has 2 aromatic carbocycles. The van der Waals surface area contributed by atoms with Crippen LogP contribution in [0, 0.1) is 13.8 Å². The Morgan fingerprint density at radius 2 is 1.72 bits per heavy atom. The molecule has 29 heavy (non-hydrogen) atoms. The number of amides is 1. The van der Waals surface area contributed by atoms with E-state index >= 15 is 0 Å².